The summed E-state index contributed by atoms with van der Waals surface area (Å²) >= 11 is 6.04. The molecule has 0 bridgehead atoms. The molecule has 132 valence electrons. The number of pyridine rings is 1. The zero-order valence-corrected chi connectivity index (χ0v) is 15.4. The molecule has 7 heteroatoms. The predicted octanol–water partition coefficient (Wildman–Crippen LogP) is 3.76. The van der Waals surface area contributed by atoms with Crippen LogP contribution in [0.2, 0.25) is 5.02 Å². The molecule has 26 heavy (non-hydrogen) atoms. The molecule has 6 nitrogen and oxygen atoms in total. The Morgan fingerprint density at radius 2 is 1.92 bits per heavy atom. The van der Waals surface area contributed by atoms with Crippen LogP contribution in [0.4, 0.5) is 0 Å². The van der Waals surface area contributed by atoms with Crippen molar-refractivity contribution in [2.75, 3.05) is 7.05 Å². The second-order valence-electron chi connectivity index (χ2n) is 6.37. The van der Waals surface area contributed by atoms with Crippen LogP contribution >= 0.6 is 11.6 Å². The monoisotopic (exact) mass is 366 g/mol. The standard InChI is InChI=1S/C19H19ClN6/c1-14(15-3-6-18(7-4-15)26-13-21-12-22-26)24(2)10-17-11-25-9-16(20)5-8-19(25)23-17/h3-9,11-14H,10H2,1-2H3. The molecule has 4 rings (SSSR count). The van der Waals surface area contributed by atoms with E-state index in [1.807, 2.05) is 28.9 Å². The molecule has 0 spiro atoms. The van der Waals surface area contributed by atoms with Gasteiger partial charge >= 0.3 is 0 Å². The summed E-state index contributed by atoms with van der Waals surface area (Å²) in [7, 11) is 2.10. The highest BCUT2D eigenvalue weighted by atomic mass is 35.5. The van der Waals surface area contributed by atoms with Gasteiger partial charge in [-0.3, -0.25) is 4.90 Å². The molecule has 1 unspecified atom stereocenters. The van der Waals surface area contributed by atoms with Crippen LogP contribution in [0, 0.1) is 0 Å². The molecular weight excluding hydrogens is 348 g/mol. The average Bonchev–Trinajstić information content (AvgIpc) is 3.30. The van der Waals surface area contributed by atoms with Crippen LogP contribution in [-0.4, -0.2) is 36.1 Å². The zero-order valence-electron chi connectivity index (χ0n) is 14.6. The number of fused-ring (bicyclic) bond motifs is 1. The van der Waals surface area contributed by atoms with E-state index in [1.54, 1.807) is 11.0 Å². The Balaban J connectivity index is 1.48. The Hall–Kier alpha value is -2.70. The fourth-order valence-corrected chi connectivity index (χ4v) is 3.16. The molecule has 4 aromatic rings. The van der Waals surface area contributed by atoms with Gasteiger partial charge in [0, 0.05) is 25.0 Å². The van der Waals surface area contributed by atoms with Crippen LogP contribution in [-0.2, 0) is 6.54 Å². The summed E-state index contributed by atoms with van der Waals surface area (Å²) in [5.41, 5.74) is 4.16. The van der Waals surface area contributed by atoms with Crippen molar-refractivity contribution in [1.29, 1.82) is 0 Å². The van der Waals surface area contributed by atoms with Crippen LogP contribution in [0.5, 0.6) is 0 Å². The number of benzene rings is 1. The highest BCUT2D eigenvalue weighted by molar-refractivity contribution is 6.30. The molecule has 0 aliphatic heterocycles. The van der Waals surface area contributed by atoms with Gasteiger partial charge < -0.3 is 4.40 Å². The highest BCUT2D eigenvalue weighted by Gasteiger charge is 2.14. The lowest BCUT2D eigenvalue weighted by Crippen LogP contribution is -2.22. The van der Waals surface area contributed by atoms with Crippen molar-refractivity contribution < 1.29 is 0 Å². The van der Waals surface area contributed by atoms with E-state index in [0.29, 0.717) is 5.02 Å². The Bertz CT molecular complexity index is 1010. The summed E-state index contributed by atoms with van der Waals surface area (Å²) in [5, 5.41) is 4.86. The fraction of sp³-hybridized carbons (Fsp3) is 0.211. The fourth-order valence-electron chi connectivity index (χ4n) is 2.99. The minimum atomic E-state index is 0.258. The predicted molar refractivity (Wildman–Crippen MR) is 101 cm³/mol. The Morgan fingerprint density at radius 3 is 2.65 bits per heavy atom. The summed E-state index contributed by atoms with van der Waals surface area (Å²) in [6.45, 7) is 2.95. The van der Waals surface area contributed by atoms with Gasteiger partial charge in [-0.2, -0.15) is 5.10 Å². The molecule has 0 amide bonds. The molecule has 0 aliphatic rings. The van der Waals surface area contributed by atoms with Gasteiger partial charge in [0.25, 0.3) is 0 Å². The van der Waals surface area contributed by atoms with Crippen molar-refractivity contribution in [2.24, 2.45) is 0 Å². The largest absolute Gasteiger partial charge is 0.305 e. The maximum Gasteiger partial charge on any atom is 0.138 e. The summed E-state index contributed by atoms with van der Waals surface area (Å²) in [4.78, 5) is 10.9. The van der Waals surface area contributed by atoms with Crippen molar-refractivity contribution >= 4 is 17.2 Å². The van der Waals surface area contributed by atoms with Gasteiger partial charge in [0.2, 0.25) is 0 Å². The number of hydrogen-bond donors (Lipinski definition) is 0. The lowest BCUT2D eigenvalue weighted by Gasteiger charge is -2.24. The molecule has 0 saturated carbocycles. The van der Waals surface area contributed by atoms with Crippen molar-refractivity contribution in [3.63, 3.8) is 0 Å². The Kier molecular flexibility index (Phi) is 4.44. The van der Waals surface area contributed by atoms with E-state index in [9.17, 15) is 0 Å². The number of halogens is 1. The number of hydrogen-bond acceptors (Lipinski definition) is 4. The van der Waals surface area contributed by atoms with Crippen LogP contribution in [0.3, 0.4) is 0 Å². The first kappa shape index (κ1) is 16.8. The van der Waals surface area contributed by atoms with Crippen molar-refractivity contribution in [3.05, 3.63) is 77.7 Å². The quantitative estimate of drug-likeness (QED) is 0.539. The number of rotatable bonds is 5. The molecule has 0 fully saturated rings. The van der Waals surface area contributed by atoms with Crippen molar-refractivity contribution in [3.8, 4) is 5.69 Å². The minimum absolute atomic E-state index is 0.258. The van der Waals surface area contributed by atoms with Gasteiger partial charge in [0.05, 0.1) is 16.4 Å². The summed E-state index contributed by atoms with van der Waals surface area (Å²) in [5.74, 6) is 0. The third kappa shape index (κ3) is 3.34. The van der Waals surface area contributed by atoms with E-state index in [1.165, 1.54) is 11.9 Å². The van der Waals surface area contributed by atoms with E-state index in [4.69, 9.17) is 11.6 Å². The second-order valence-corrected chi connectivity index (χ2v) is 6.80. The lowest BCUT2D eigenvalue weighted by atomic mass is 10.1. The smallest absolute Gasteiger partial charge is 0.138 e. The number of aromatic nitrogens is 5. The molecule has 3 heterocycles. The molecule has 1 aromatic carbocycles. The maximum atomic E-state index is 6.04. The molecular formula is C19H19ClN6. The van der Waals surface area contributed by atoms with Crippen LogP contribution in [0.1, 0.15) is 24.2 Å². The van der Waals surface area contributed by atoms with E-state index in [-0.39, 0.29) is 6.04 Å². The Morgan fingerprint density at radius 1 is 1.12 bits per heavy atom. The highest BCUT2D eigenvalue weighted by Crippen LogP contribution is 2.22. The van der Waals surface area contributed by atoms with Gasteiger partial charge in [0.15, 0.2) is 0 Å². The first-order valence-corrected chi connectivity index (χ1v) is 8.76. The van der Waals surface area contributed by atoms with E-state index in [2.05, 4.69) is 58.2 Å². The molecule has 3 aromatic heterocycles. The van der Waals surface area contributed by atoms with Crippen LogP contribution < -0.4 is 0 Å². The van der Waals surface area contributed by atoms with Crippen molar-refractivity contribution in [1.82, 2.24) is 29.0 Å². The van der Waals surface area contributed by atoms with Gasteiger partial charge in [-0.05, 0) is 43.8 Å². The van der Waals surface area contributed by atoms with Gasteiger partial charge in [0.1, 0.15) is 18.3 Å². The molecule has 0 N–H and O–H groups in total. The Labute approximate surface area is 156 Å². The normalized spacial score (nSPS) is 12.8. The molecule has 1 atom stereocenters. The summed E-state index contributed by atoms with van der Waals surface area (Å²) in [6, 6.07) is 12.4. The van der Waals surface area contributed by atoms with E-state index in [0.717, 1.165) is 23.6 Å². The first-order valence-electron chi connectivity index (χ1n) is 8.38. The number of nitrogens with zero attached hydrogens (tertiary/aromatic N) is 6. The van der Waals surface area contributed by atoms with Crippen LogP contribution in [0.25, 0.3) is 11.3 Å². The summed E-state index contributed by atoms with van der Waals surface area (Å²) < 4.78 is 3.71. The first-order chi connectivity index (χ1) is 12.6. The third-order valence-electron chi connectivity index (χ3n) is 4.60. The zero-order chi connectivity index (χ0) is 18.1. The summed E-state index contributed by atoms with van der Waals surface area (Å²) in [6.07, 6.45) is 7.13. The third-order valence-corrected chi connectivity index (χ3v) is 4.82. The minimum Gasteiger partial charge on any atom is -0.305 e. The molecule has 0 radical (unpaired) electrons. The van der Waals surface area contributed by atoms with Gasteiger partial charge in [-0.25, -0.2) is 14.6 Å². The topological polar surface area (TPSA) is 51.2 Å². The molecule has 0 saturated heterocycles. The van der Waals surface area contributed by atoms with E-state index < -0.39 is 0 Å². The second kappa shape index (κ2) is 6.90. The van der Waals surface area contributed by atoms with Gasteiger partial charge in [-0.1, -0.05) is 23.7 Å². The van der Waals surface area contributed by atoms with Gasteiger partial charge in [-0.15, -0.1) is 0 Å². The lowest BCUT2D eigenvalue weighted by molar-refractivity contribution is 0.250. The SMILES string of the molecule is CC(c1ccc(-n2cncn2)cc1)N(C)Cc1cn2cc(Cl)ccc2n1. The number of imidazole rings is 1. The van der Waals surface area contributed by atoms with E-state index >= 15 is 0 Å². The average molecular weight is 367 g/mol. The van der Waals surface area contributed by atoms with Crippen LogP contribution in [0.15, 0.2) is 61.4 Å². The maximum absolute atomic E-state index is 6.04. The molecule has 0 aliphatic carbocycles. The van der Waals surface area contributed by atoms with Crippen molar-refractivity contribution in [2.45, 2.75) is 19.5 Å².